The van der Waals surface area contributed by atoms with Gasteiger partial charge in [-0.3, -0.25) is 0 Å². The number of aliphatic hydroxyl groups is 2. The minimum Gasteiger partial charge on any atom is -0.459 e. The second-order valence-corrected chi connectivity index (χ2v) is 3.30. The summed E-state index contributed by atoms with van der Waals surface area (Å²) in [4.78, 5) is 0. The molecule has 0 unspecified atom stereocenters. The van der Waals surface area contributed by atoms with Gasteiger partial charge < -0.3 is 14.9 Å². The van der Waals surface area contributed by atoms with Gasteiger partial charge in [0.1, 0.15) is 23.7 Å². The van der Waals surface area contributed by atoms with Crippen molar-refractivity contribution in [3.63, 3.8) is 0 Å². The summed E-state index contributed by atoms with van der Waals surface area (Å²) < 4.78 is 5.44. The summed E-state index contributed by atoms with van der Waals surface area (Å²) in [5, 5.41) is 19.0. The second-order valence-electron chi connectivity index (χ2n) is 3.30. The van der Waals surface area contributed by atoms with Crippen molar-refractivity contribution < 1.29 is 14.9 Å². The van der Waals surface area contributed by atoms with Crippen LogP contribution in [0, 0.1) is 0 Å². The predicted molar refractivity (Wildman–Crippen MR) is 56.3 cm³/mol. The fourth-order valence-corrected chi connectivity index (χ4v) is 1.36. The van der Waals surface area contributed by atoms with E-state index in [4.69, 9.17) is 4.74 Å². The number of allylic oxidation sites excluding steroid dienone is 2. The van der Waals surface area contributed by atoms with Crippen LogP contribution in [0.25, 0.3) is 0 Å². The van der Waals surface area contributed by atoms with Gasteiger partial charge in [-0.25, -0.2) is 0 Å². The van der Waals surface area contributed by atoms with Gasteiger partial charge in [-0.2, -0.15) is 0 Å². The average molecular weight is 204 g/mol. The van der Waals surface area contributed by atoms with Crippen LogP contribution < -0.4 is 4.74 Å². The van der Waals surface area contributed by atoms with Crippen molar-refractivity contribution in [2.75, 3.05) is 0 Å². The van der Waals surface area contributed by atoms with Gasteiger partial charge in [-0.15, -0.1) is 0 Å². The first-order valence-electron chi connectivity index (χ1n) is 4.75. The van der Waals surface area contributed by atoms with Gasteiger partial charge in [0.25, 0.3) is 0 Å². The van der Waals surface area contributed by atoms with Gasteiger partial charge in [0.15, 0.2) is 0 Å². The Morgan fingerprint density at radius 1 is 1.07 bits per heavy atom. The third-order valence-corrected chi connectivity index (χ3v) is 2.16. The predicted octanol–water partition coefficient (Wildman–Crippen LogP) is 1.24. The number of ether oxygens (including phenoxy) is 1. The fraction of sp³-hybridized carbons (Fsp3) is 0.167. The van der Waals surface area contributed by atoms with Crippen LogP contribution in [0.4, 0.5) is 0 Å². The molecule has 2 N–H and O–H groups in total. The maximum absolute atomic E-state index is 9.60. The average Bonchev–Trinajstić information content (AvgIpc) is 2.26. The Bertz CT molecular complexity index is 381. The summed E-state index contributed by atoms with van der Waals surface area (Å²) in [5.74, 6) is 1.00. The van der Waals surface area contributed by atoms with E-state index in [2.05, 4.69) is 0 Å². The van der Waals surface area contributed by atoms with Crippen LogP contribution in [0.1, 0.15) is 0 Å². The van der Waals surface area contributed by atoms with Crippen molar-refractivity contribution in [2.24, 2.45) is 0 Å². The lowest BCUT2D eigenvalue weighted by Crippen LogP contribution is -2.30. The van der Waals surface area contributed by atoms with Crippen molar-refractivity contribution in [3.05, 3.63) is 54.3 Å². The first-order chi connectivity index (χ1) is 7.27. The molecular weight excluding hydrogens is 192 g/mol. The zero-order valence-corrected chi connectivity index (χ0v) is 8.08. The molecule has 3 heteroatoms. The van der Waals surface area contributed by atoms with Gasteiger partial charge in [0.2, 0.25) is 0 Å². The number of hydrogen-bond acceptors (Lipinski definition) is 3. The number of aliphatic hydroxyl groups excluding tert-OH is 2. The van der Waals surface area contributed by atoms with Gasteiger partial charge >= 0.3 is 0 Å². The molecule has 1 aromatic carbocycles. The van der Waals surface area contributed by atoms with Gasteiger partial charge in [0.05, 0.1) is 0 Å². The van der Waals surface area contributed by atoms with Gasteiger partial charge in [0, 0.05) is 0 Å². The Morgan fingerprint density at radius 2 is 1.80 bits per heavy atom. The molecule has 0 heterocycles. The first-order valence-corrected chi connectivity index (χ1v) is 4.75. The van der Waals surface area contributed by atoms with Crippen LogP contribution in [-0.2, 0) is 0 Å². The highest BCUT2D eigenvalue weighted by Gasteiger charge is 2.22. The van der Waals surface area contributed by atoms with E-state index in [1.54, 1.807) is 24.3 Å². The third-order valence-electron chi connectivity index (χ3n) is 2.16. The first kappa shape index (κ1) is 9.96. The molecule has 1 aliphatic carbocycles. The molecular formula is C12H12O3. The molecule has 15 heavy (non-hydrogen) atoms. The second kappa shape index (κ2) is 4.29. The van der Waals surface area contributed by atoms with Crippen LogP contribution in [0.15, 0.2) is 54.3 Å². The van der Waals surface area contributed by atoms with E-state index in [1.807, 2.05) is 18.2 Å². The van der Waals surface area contributed by atoms with E-state index >= 15 is 0 Å². The quantitative estimate of drug-likeness (QED) is 0.762. The normalized spacial score (nSPS) is 24.8. The molecule has 0 radical (unpaired) electrons. The third kappa shape index (κ3) is 2.26. The number of para-hydroxylation sites is 1. The fourth-order valence-electron chi connectivity index (χ4n) is 1.36. The van der Waals surface area contributed by atoms with Crippen LogP contribution in [0.3, 0.4) is 0 Å². The van der Waals surface area contributed by atoms with Crippen LogP contribution >= 0.6 is 0 Å². The molecule has 1 aromatic rings. The van der Waals surface area contributed by atoms with Crippen molar-refractivity contribution in [1.82, 2.24) is 0 Å². The summed E-state index contributed by atoms with van der Waals surface area (Å²) in [7, 11) is 0. The highest BCUT2D eigenvalue weighted by atomic mass is 16.5. The minimum atomic E-state index is -0.991. The summed E-state index contributed by atoms with van der Waals surface area (Å²) in [5.41, 5.74) is 0. The van der Waals surface area contributed by atoms with E-state index in [0.29, 0.717) is 11.5 Å². The van der Waals surface area contributed by atoms with Crippen LogP contribution in [-0.4, -0.2) is 22.4 Å². The maximum Gasteiger partial charge on any atom is 0.141 e. The Hall–Kier alpha value is -1.58. The number of benzene rings is 1. The molecule has 0 amide bonds. The molecule has 0 saturated heterocycles. The summed E-state index contributed by atoms with van der Waals surface area (Å²) >= 11 is 0. The molecule has 0 aliphatic heterocycles. The van der Waals surface area contributed by atoms with Gasteiger partial charge in [-0.05, 0) is 18.2 Å². The van der Waals surface area contributed by atoms with Crippen molar-refractivity contribution in [3.8, 4) is 5.75 Å². The SMILES string of the molecule is O[C@@H]1C(Oc2ccccc2)=CC=C[C@@H]1O. The van der Waals surface area contributed by atoms with E-state index in [9.17, 15) is 10.2 Å². The monoisotopic (exact) mass is 204 g/mol. The molecule has 0 fully saturated rings. The largest absolute Gasteiger partial charge is 0.459 e. The summed E-state index contributed by atoms with van der Waals surface area (Å²) in [6, 6.07) is 9.15. The maximum atomic E-state index is 9.60. The van der Waals surface area contributed by atoms with Crippen LogP contribution in [0.5, 0.6) is 5.75 Å². The molecule has 1 aliphatic rings. The van der Waals surface area contributed by atoms with E-state index < -0.39 is 12.2 Å². The lowest BCUT2D eigenvalue weighted by molar-refractivity contribution is 0.0473. The van der Waals surface area contributed by atoms with Gasteiger partial charge in [-0.1, -0.05) is 30.4 Å². The molecule has 3 nitrogen and oxygen atoms in total. The topological polar surface area (TPSA) is 49.7 Å². The Kier molecular flexibility index (Phi) is 2.85. The van der Waals surface area contributed by atoms with E-state index in [-0.39, 0.29) is 0 Å². The number of rotatable bonds is 2. The highest BCUT2D eigenvalue weighted by Crippen LogP contribution is 2.19. The molecule has 2 rings (SSSR count). The molecule has 0 aromatic heterocycles. The van der Waals surface area contributed by atoms with E-state index in [1.165, 1.54) is 6.08 Å². The number of hydrogen-bond donors (Lipinski definition) is 2. The van der Waals surface area contributed by atoms with Crippen molar-refractivity contribution in [2.45, 2.75) is 12.2 Å². The molecule has 0 spiro atoms. The zero-order chi connectivity index (χ0) is 10.7. The summed E-state index contributed by atoms with van der Waals surface area (Å²) in [6.07, 6.45) is 2.94. The Labute approximate surface area is 87.9 Å². The zero-order valence-electron chi connectivity index (χ0n) is 8.08. The lowest BCUT2D eigenvalue weighted by Gasteiger charge is -2.21. The van der Waals surface area contributed by atoms with Crippen molar-refractivity contribution >= 4 is 0 Å². The standard InChI is InChI=1S/C12H12O3/c13-10-7-4-8-11(12(10)14)15-9-5-2-1-3-6-9/h1-8,10,12-14H/t10-,12-/m0/s1. The Morgan fingerprint density at radius 3 is 2.53 bits per heavy atom. The minimum absolute atomic E-state index is 0.358. The molecule has 2 atom stereocenters. The smallest absolute Gasteiger partial charge is 0.141 e. The highest BCUT2D eigenvalue weighted by molar-refractivity contribution is 5.28. The molecule has 78 valence electrons. The summed E-state index contributed by atoms with van der Waals surface area (Å²) in [6.45, 7) is 0. The van der Waals surface area contributed by atoms with Crippen LogP contribution in [0.2, 0.25) is 0 Å². The molecule has 0 bridgehead atoms. The molecule has 0 saturated carbocycles. The lowest BCUT2D eigenvalue weighted by atomic mass is 10.1. The Balaban J connectivity index is 2.13. The van der Waals surface area contributed by atoms with E-state index in [0.717, 1.165) is 0 Å². The van der Waals surface area contributed by atoms with Crippen molar-refractivity contribution in [1.29, 1.82) is 0 Å².